The van der Waals surface area contributed by atoms with Crippen molar-refractivity contribution in [2.75, 3.05) is 18.4 Å². The topological polar surface area (TPSA) is 118 Å². The predicted molar refractivity (Wildman–Crippen MR) is 122 cm³/mol. The molecule has 3 heterocycles. The minimum atomic E-state index is -2.15. The van der Waals surface area contributed by atoms with Gasteiger partial charge in [0, 0.05) is 19.2 Å². The van der Waals surface area contributed by atoms with Crippen molar-refractivity contribution in [2.45, 2.75) is 6.54 Å². The van der Waals surface area contributed by atoms with E-state index in [2.05, 4.69) is 19.7 Å². The van der Waals surface area contributed by atoms with Crippen LogP contribution in [-0.4, -0.2) is 47.0 Å². The molecular weight excluding hydrogens is 436 g/mol. The number of hydrogen-bond donors (Lipinski definition) is 3. The molecule has 1 unspecified atom stereocenters. The van der Waals surface area contributed by atoms with Crippen LogP contribution >= 0.6 is 11.3 Å². The summed E-state index contributed by atoms with van der Waals surface area (Å²) < 4.78 is 31.1. The van der Waals surface area contributed by atoms with Crippen LogP contribution in [0.3, 0.4) is 0 Å². The lowest BCUT2D eigenvalue weighted by Gasteiger charge is -2.08. The Bertz CT molecular complexity index is 1410. The fourth-order valence-electron chi connectivity index (χ4n) is 3.50. The average Bonchev–Trinajstić information content (AvgIpc) is 3.48. The van der Waals surface area contributed by atoms with E-state index in [1.165, 1.54) is 0 Å². The number of fused-ring (bicyclic) bond motifs is 2. The van der Waals surface area contributed by atoms with Crippen LogP contribution in [0.4, 0.5) is 5.69 Å². The Hall–Kier alpha value is -3.12. The zero-order chi connectivity index (χ0) is 21.4. The molecule has 31 heavy (non-hydrogen) atoms. The lowest BCUT2D eigenvalue weighted by atomic mass is 10.2. The van der Waals surface area contributed by atoms with Gasteiger partial charge >= 0.3 is 0 Å². The summed E-state index contributed by atoms with van der Waals surface area (Å²) in [5, 5.41) is 0. The summed E-state index contributed by atoms with van der Waals surface area (Å²) in [6.07, 6.45) is 1.76. The smallest absolute Gasteiger partial charge is 0.259 e. The van der Waals surface area contributed by atoms with E-state index in [-0.39, 0.29) is 0 Å². The molecular formula is C20H18N6O3S2. The van der Waals surface area contributed by atoms with Crippen molar-refractivity contribution in [1.29, 1.82) is 0 Å². The lowest BCUT2D eigenvalue weighted by molar-refractivity contribution is 0.188. The maximum Gasteiger partial charge on any atom is 0.259 e. The maximum atomic E-state index is 11.1. The van der Waals surface area contributed by atoms with Crippen LogP contribution < -0.4 is 4.72 Å². The summed E-state index contributed by atoms with van der Waals surface area (Å²) in [6.45, 7) is 1.11. The zero-order valence-electron chi connectivity index (χ0n) is 16.4. The molecule has 0 spiro atoms. The number of nitrogens with one attached hydrogen (secondary N) is 2. The van der Waals surface area contributed by atoms with Crippen molar-refractivity contribution in [3.8, 4) is 22.9 Å². The molecule has 0 aliphatic rings. The number of ether oxygens (including phenoxy) is 1. The molecule has 0 amide bonds. The van der Waals surface area contributed by atoms with Crippen LogP contribution in [0, 0.1) is 0 Å². The fourth-order valence-corrected chi connectivity index (χ4v) is 4.48. The molecule has 3 aromatic heterocycles. The van der Waals surface area contributed by atoms with Crippen molar-refractivity contribution in [3.05, 3.63) is 48.1 Å². The van der Waals surface area contributed by atoms with Gasteiger partial charge in [-0.3, -0.25) is 9.27 Å². The molecule has 5 rings (SSSR count). The average molecular weight is 455 g/mol. The van der Waals surface area contributed by atoms with E-state index in [1.807, 2.05) is 34.3 Å². The Morgan fingerprint density at radius 2 is 2.13 bits per heavy atom. The van der Waals surface area contributed by atoms with E-state index in [1.54, 1.807) is 36.8 Å². The normalized spacial score (nSPS) is 12.6. The van der Waals surface area contributed by atoms with Crippen LogP contribution in [-0.2, 0) is 22.5 Å². The number of aromatic nitrogens is 5. The van der Waals surface area contributed by atoms with E-state index in [0.29, 0.717) is 30.2 Å². The second kappa shape index (κ2) is 8.19. The van der Waals surface area contributed by atoms with Gasteiger partial charge in [0.15, 0.2) is 5.82 Å². The first-order chi connectivity index (χ1) is 15.1. The van der Waals surface area contributed by atoms with Crippen LogP contribution in [0.15, 0.2) is 48.1 Å². The fraction of sp³-hybridized carbons (Fsp3) is 0.150. The highest BCUT2D eigenvalue weighted by molar-refractivity contribution is 7.80. The molecule has 0 bridgehead atoms. The molecule has 0 fully saturated rings. The van der Waals surface area contributed by atoms with Gasteiger partial charge in [0.05, 0.1) is 45.3 Å². The van der Waals surface area contributed by atoms with Crippen LogP contribution in [0.1, 0.15) is 0 Å². The highest BCUT2D eigenvalue weighted by Crippen LogP contribution is 2.29. The molecule has 0 aliphatic carbocycles. The molecule has 3 N–H and O–H groups in total. The minimum absolute atomic E-state index is 0.512. The monoisotopic (exact) mass is 454 g/mol. The summed E-state index contributed by atoms with van der Waals surface area (Å²) >= 11 is -0.546. The van der Waals surface area contributed by atoms with E-state index in [4.69, 9.17) is 14.3 Å². The SMILES string of the molecule is COCCn1c(-c2cnc(-c3ccc4scnc4c3)[nH]2)nc2cc(NS(=O)O)ccc21. The Labute approximate surface area is 183 Å². The molecule has 158 valence electrons. The van der Waals surface area contributed by atoms with Gasteiger partial charge in [0.1, 0.15) is 11.5 Å². The Morgan fingerprint density at radius 3 is 2.97 bits per heavy atom. The van der Waals surface area contributed by atoms with Gasteiger partial charge in [0.2, 0.25) is 0 Å². The summed E-state index contributed by atoms with van der Waals surface area (Å²) in [5.74, 6) is 1.44. The first-order valence-electron chi connectivity index (χ1n) is 9.38. The zero-order valence-corrected chi connectivity index (χ0v) is 18.0. The summed E-state index contributed by atoms with van der Waals surface area (Å²) in [4.78, 5) is 17.0. The highest BCUT2D eigenvalue weighted by Gasteiger charge is 2.16. The van der Waals surface area contributed by atoms with Gasteiger partial charge in [-0.05, 0) is 36.4 Å². The van der Waals surface area contributed by atoms with Crippen molar-refractivity contribution < 1.29 is 13.5 Å². The maximum absolute atomic E-state index is 11.1. The minimum Gasteiger partial charge on any atom is -0.383 e. The second-order valence-electron chi connectivity index (χ2n) is 6.81. The molecule has 1 atom stereocenters. The standard InChI is InChI=1S/C20H18N6O3S2/c1-29-7-6-26-17-4-3-13(25-31(27)28)9-14(17)24-20(26)16-10-21-19(23-16)12-2-5-18-15(8-12)22-11-30-18/h2-5,8-11,25H,6-7H2,1H3,(H,21,23)(H,27,28). The molecule has 0 aliphatic heterocycles. The number of aromatic amines is 1. The Balaban J connectivity index is 1.57. The van der Waals surface area contributed by atoms with Crippen LogP contribution in [0.25, 0.3) is 44.2 Å². The largest absolute Gasteiger partial charge is 0.383 e. The van der Waals surface area contributed by atoms with Crippen molar-refractivity contribution >= 4 is 49.5 Å². The van der Waals surface area contributed by atoms with Gasteiger partial charge in [-0.1, -0.05) is 0 Å². The molecule has 0 radical (unpaired) electrons. The third-order valence-electron chi connectivity index (χ3n) is 4.89. The number of hydrogen-bond acceptors (Lipinski definition) is 6. The van der Waals surface area contributed by atoms with E-state index in [9.17, 15) is 4.21 Å². The summed E-state index contributed by atoms with van der Waals surface area (Å²) in [5.41, 5.74) is 6.58. The number of benzene rings is 2. The number of rotatable bonds is 7. The van der Waals surface area contributed by atoms with Crippen molar-refractivity contribution in [2.24, 2.45) is 0 Å². The Morgan fingerprint density at radius 1 is 1.23 bits per heavy atom. The summed E-state index contributed by atoms with van der Waals surface area (Å²) in [6, 6.07) is 11.4. The first kappa shape index (κ1) is 19.8. The van der Waals surface area contributed by atoms with E-state index >= 15 is 0 Å². The third-order valence-corrected chi connectivity index (χ3v) is 6.11. The van der Waals surface area contributed by atoms with Crippen LogP contribution in [0.2, 0.25) is 0 Å². The van der Waals surface area contributed by atoms with Crippen molar-refractivity contribution in [1.82, 2.24) is 24.5 Å². The lowest BCUT2D eigenvalue weighted by Crippen LogP contribution is -2.06. The van der Waals surface area contributed by atoms with Gasteiger partial charge in [-0.2, -0.15) is 0 Å². The van der Waals surface area contributed by atoms with Gasteiger partial charge in [0.25, 0.3) is 11.3 Å². The quantitative estimate of drug-likeness (QED) is 0.321. The number of thiazole rings is 1. The van der Waals surface area contributed by atoms with Gasteiger partial charge < -0.3 is 14.3 Å². The predicted octanol–water partition coefficient (Wildman–Crippen LogP) is 3.90. The molecule has 2 aromatic carbocycles. The van der Waals surface area contributed by atoms with E-state index < -0.39 is 11.3 Å². The number of anilines is 1. The molecule has 11 heteroatoms. The highest BCUT2D eigenvalue weighted by atomic mass is 32.2. The van der Waals surface area contributed by atoms with Crippen molar-refractivity contribution in [3.63, 3.8) is 0 Å². The Kier molecular flexibility index (Phi) is 5.24. The van der Waals surface area contributed by atoms with Gasteiger partial charge in [-0.25, -0.2) is 19.2 Å². The molecule has 0 saturated heterocycles. The number of nitrogens with zero attached hydrogens (tertiary/aromatic N) is 4. The number of imidazole rings is 2. The second-order valence-corrected chi connectivity index (χ2v) is 8.40. The first-order valence-corrected chi connectivity index (χ1v) is 11.4. The molecule has 5 aromatic rings. The number of methoxy groups -OCH3 is 1. The molecule has 0 saturated carbocycles. The van der Waals surface area contributed by atoms with Crippen LogP contribution in [0.5, 0.6) is 0 Å². The number of H-pyrrole nitrogens is 1. The molecule has 9 nitrogen and oxygen atoms in total. The van der Waals surface area contributed by atoms with Gasteiger partial charge in [-0.15, -0.1) is 11.3 Å². The third kappa shape index (κ3) is 3.83. The summed E-state index contributed by atoms with van der Waals surface area (Å²) in [7, 11) is 1.65. The van der Waals surface area contributed by atoms with E-state index in [0.717, 1.165) is 32.8 Å².